The number of hydrogen-bond acceptors (Lipinski definition) is 7. The number of carbonyl (C=O) groups excluding carboxylic acids is 1. The first kappa shape index (κ1) is 22.2. The number of allylic oxidation sites excluding steroid dienone is 1. The first-order chi connectivity index (χ1) is 15.5. The van der Waals surface area contributed by atoms with Gasteiger partial charge in [-0.2, -0.15) is 4.98 Å². The van der Waals surface area contributed by atoms with E-state index in [2.05, 4.69) is 15.4 Å². The fraction of sp³-hybridized carbons (Fsp3) is 0.261. The van der Waals surface area contributed by atoms with Gasteiger partial charge in [-0.3, -0.25) is 0 Å². The number of methoxy groups -OCH3 is 1. The van der Waals surface area contributed by atoms with E-state index in [-0.39, 0.29) is 0 Å². The van der Waals surface area contributed by atoms with Crippen LogP contribution in [0.15, 0.2) is 65.0 Å². The Morgan fingerprint density at radius 2 is 2.06 bits per heavy atom. The number of carbonyl (C=O) groups is 1. The maximum Gasteiger partial charge on any atom is 0.338 e. The number of rotatable bonds is 7. The zero-order valence-electron chi connectivity index (χ0n) is 18.0. The predicted octanol–water partition coefficient (Wildman–Crippen LogP) is 5.08. The van der Waals surface area contributed by atoms with Gasteiger partial charge in [0.15, 0.2) is 0 Å². The Bertz CT molecular complexity index is 1180. The minimum absolute atomic E-state index is 0.333. The summed E-state index contributed by atoms with van der Waals surface area (Å²) in [5.74, 6) is 1.66. The molecule has 3 aromatic rings. The van der Waals surface area contributed by atoms with Crippen molar-refractivity contribution in [1.29, 1.82) is 0 Å². The number of thioether (sulfide) groups is 1. The van der Waals surface area contributed by atoms with Gasteiger partial charge >= 0.3 is 5.97 Å². The lowest BCUT2D eigenvalue weighted by Gasteiger charge is -2.28. The first-order valence-electron chi connectivity index (χ1n) is 10.1. The molecule has 9 heteroatoms. The second-order valence-electron chi connectivity index (χ2n) is 7.11. The van der Waals surface area contributed by atoms with E-state index >= 15 is 0 Å². The van der Waals surface area contributed by atoms with Crippen molar-refractivity contribution in [3.8, 4) is 5.75 Å². The number of aromatic nitrogens is 3. The summed E-state index contributed by atoms with van der Waals surface area (Å²) < 4.78 is 12.8. The van der Waals surface area contributed by atoms with Crippen LogP contribution in [0.2, 0.25) is 5.02 Å². The number of nitrogens with zero attached hydrogens (tertiary/aromatic N) is 3. The van der Waals surface area contributed by atoms with Crippen molar-refractivity contribution in [3.05, 3.63) is 76.0 Å². The largest absolute Gasteiger partial charge is 0.489 e. The number of benzene rings is 2. The zero-order valence-corrected chi connectivity index (χ0v) is 19.5. The van der Waals surface area contributed by atoms with Gasteiger partial charge in [-0.15, -0.1) is 5.10 Å². The molecule has 0 bridgehead atoms. The molecule has 1 N–H and O–H groups in total. The number of esters is 1. The number of nitrogens with one attached hydrogen (secondary N) is 1. The monoisotopic (exact) mass is 470 g/mol. The summed E-state index contributed by atoms with van der Waals surface area (Å²) in [4.78, 5) is 17.3. The molecule has 2 heterocycles. The number of fused-ring (bicyclic) bond motifs is 1. The molecule has 1 aromatic heterocycles. The molecule has 4 rings (SSSR count). The summed E-state index contributed by atoms with van der Waals surface area (Å²) >= 11 is 7.79. The van der Waals surface area contributed by atoms with E-state index in [1.165, 1.54) is 18.9 Å². The lowest BCUT2D eigenvalue weighted by atomic mass is 9.95. The van der Waals surface area contributed by atoms with Gasteiger partial charge in [0.05, 0.1) is 12.7 Å². The fourth-order valence-corrected chi connectivity index (χ4v) is 4.30. The van der Waals surface area contributed by atoms with Crippen LogP contribution in [0.5, 0.6) is 5.75 Å². The SMILES string of the molecule is CCSc1nc2n(n1)C(c1cccc(OCc3ccccc3Cl)c1)C(C(=O)OC)=C(C)N2. The van der Waals surface area contributed by atoms with Crippen LogP contribution >= 0.6 is 23.4 Å². The third-order valence-electron chi connectivity index (χ3n) is 5.04. The Morgan fingerprint density at radius 3 is 2.81 bits per heavy atom. The smallest absolute Gasteiger partial charge is 0.338 e. The molecule has 0 saturated carbocycles. The molecule has 1 unspecified atom stereocenters. The van der Waals surface area contributed by atoms with Gasteiger partial charge in [-0.05, 0) is 36.4 Å². The molecule has 1 aliphatic heterocycles. The van der Waals surface area contributed by atoms with E-state index in [1.807, 2.05) is 62.4 Å². The average Bonchev–Trinajstić information content (AvgIpc) is 3.19. The molecule has 0 saturated heterocycles. The summed E-state index contributed by atoms with van der Waals surface area (Å²) in [5.41, 5.74) is 2.88. The van der Waals surface area contributed by atoms with Gasteiger partial charge < -0.3 is 14.8 Å². The average molecular weight is 471 g/mol. The third-order valence-corrected chi connectivity index (χ3v) is 6.13. The minimum Gasteiger partial charge on any atom is -0.489 e. The summed E-state index contributed by atoms with van der Waals surface area (Å²) in [5, 5.41) is 9.12. The van der Waals surface area contributed by atoms with Crippen LogP contribution in [0.1, 0.15) is 31.0 Å². The minimum atomic E-state index is -0.499. The summed E-state index contributed by atoms with van der Waals surface area (Å²) in [6.07, 6.45) is 0. The van der Waals surface area contributed by atoms with Crippen LogP contribution in [0.4, 0.5) is 5.95 Å². The molecule has 0 fully saturated rings. The Balaban J connectivity index is 1.70. The van der Waals surface area contributed by atoms with Crippen molar-refractivity contribution in [3.63, 3.8) is 0 Å². The van der Waals surface area contributed by atoms with Crippen LogP contribution < -0.4 is 10.1 Å². The molecule has 1 atom stereocenters. The van der Waals surface area contributed by atoms with Crippen molar-refractivity contribution in [2.75, 3.05) is 18.2 Å². The highest BCUT2D eigenvalue weighted by atomic mass is 35.5. The molecule has 7 nitrogen and oxygen atoms in total. The van der Waals surface area contributed by atoms with Crippen molar-refractivity contribution in [1.82, 2.24) is 14.8 Å². The molecular weight excluding hydrogens is 448 g/mol. The van der Waals surface area contributed by atoms with E-state index in [1.54, 1.807) is 4.68 Å². The molecule has 0 aliphatic carbocycles. The van der Waals surface area contributed by atoms with Crippen LogP contribution in [-0.2, 0) is 16.1 Å². The van der Waals surface area contributed by atoms with E-state index in [0.717, 1.165) is 16.9 Å². The van der Waals surface area contributed by atoms with Crippen LogP contribution in [0, 0.1) is 0 Å². The number of halogens is 1. The Labute approximate surface area is 195 Å². The lowest BCUT2D eigenvalue weighted by Crippen LogP contribution is -2.29. The lowest BCUT2D eigenvalue weighted by molar-refractivity contribution is -0.136. The zero-order chi connectivity index (χ0) is 22.7. The Kier molecular flexibility index (Phi) is 6.72. The van der Waals surface area contributed by atoms with Crippen molar-refractivity contribution in [2.45, 2.75) is 31.7 Å². The van der Waals surface area contributed by atoms with Crippen LogP contribution in [-0.4, -0.2) is 33.6 Å². The van der Waals surface area contributed by atoms with Gasteiger partial charge in [0, 0.05) is 16.3 Å². The number of hydrogen-bond donors (Lipinski definition) is 1. The summed E-state index contributed by atoms with van der Waals surface area (Å²) in [7, 11) is 1.37. The van der Waals surface area contributed by atoms with Crippen molar-refractivity contribution >= 4 is 35.3 Å². The van der Waals surface area contributed by atoms with E-state index < -0.39 is 12.0 Å². The molecule has 0 radical (unpaired) electrons. The van der Waals surface area contributed by atoms with Gasteiger partial charge in [0.2, 0.25) is 11.1 Å². The van der Waals surface area contributed by atoms with Crippen LogP contribution in [0.3, 0.4) is 0 Å². The molecule has 0 amide bonds. The Hall–Kier alpha value is -2.97. The second-order valence-corrected chi connectivity index (χ2v) is 8.74. The highest BCUT2D eigenvalue weighted by Crippen LogP contribution is 2.37. The molecule has 2 aromatic carbocycles. The van der Waals surface area contributed by atoms with Crippen LogP contribution in [0.25, 0.3) is 0 Å². The van der Waals surface area contributed by atoms with Crippen molar-refractivity contribution < 1.29 is 14.3 Å². The fourth-order valence-electron chi connectivity index (χ4n) is 3.56. The van der Waals surface area contributed by atoms with Gasteiger partial charge in [0.1, 0.15) is 18.4 Å². The van der Waals surface area contributed by atoms with E-state index in [0.29, 0.717) is 39.8 Å². The van der Waals surface area contributed by atoms with E-state index in [4.69, 9.17) is 21.1 Å². The quantitative estimate of drug-likeness (QED) is 0.381. The molecule has 0 spiro atoms. The predicted molar refractivity (Wildman–Crippen MR) is 125 cm³/mol. The van der Waals surface area contributed by atoms with Gasteiger partial charge in [0.25, 0.3) is 0 Å². The van der Waals surface area contributed by atoms with Gasteiger partial charge in [-0.25, -0.2) is 9.48 Å². The Morgan fingerprint density at radius 1 is 1.25 bits per heavy atom. The second kappa shape index (κ2) is 9.67. The summed E-state index contributed by atoms with van der Waals surface area (Å²) in [6, 6.07) is 14.7. The number of ether oxygens (including phenoxy) is 2. The first-order valence-corrected chi connectivity index (χ1v) is 11.5. The molecule has 1 aliphatic rings. The molecular formula is C23H23ClN4O3S. The van der Waals surface area contributed by atoms with Crippen molar-refractivity contribution in [2.24, 2.45) is 0 Å². The number of anilines is 1. The van der Waals surface area contributed by atoms with E-state index in [9.17, 15) is 4.79 Å². The normalized spacial score (nSPS) is 15.2. The topological polar surface area (TPSA) is 78.3 Å². The third kappa shape index (κ3) is 4.47. The maximum absolute atomic E-state index is 12.7. The maximum atomic E-state index is 12.7. The van der Waals surface area contributed by atoms with Gasteiger partial charge in [-0.1, -0.05) is 60.6 Å². The highest BCUT2D eigenvalue weighted by molar-refractivity contribution is 7.99. The molecule has 166 valence electrons. The summed E-state index contributed by atoms with van der Waals surface area (Å²) in [6.45, 7) is 4.21. The standard InChI is InChI=1S/C23H23ClN4O3S/c1-4-32-23-26-22-25-14(2)19(21(29)30-3)20(28(22)27-23)15-9-7-10-17(12-15)31-13-16-8-5-6-11-18(16)24/h5-12,20H,4,13H2,1-3H3,(H,25,26,27). The highest BCUT2D eigenvalue weighted by Gasteiger charge is 2.35. The molecule has 32 heavy (non-hydrogen) atoms.